The van der Waals surface area contributed by atoms with E-state index in [0.29, 0.717) is 12.8 Å². The first-order valence-electron chi connectivity index (χ1n) is 4.63. The maximum Gasteiger partial charge on any atom is 0.348 e. The summed E-state index contributed by atoms with van der Waals surface area (Å²) < 4.78 is 11.0. The Morgan fingerprint density at radius 3 is 2.43 bits per heavy atom. The molecule has 0 aliphatic rings. The van der Waals surface area contributed by atoms with Crippen molar-refractivity contribution in [1.29, 1.82) is 0 Å². The molecule has 0 radical (unpaired) electrons. The summed E-state index contributed by atoms with van der Waals surface area (Å²) in [6.45, 7) is 2.55. The molecule has 1 unspecified atom stereocenters. The minimum Gasteiger partial charge on any atom is -0.397 e. The van der Waals surface area contributed by atoms with Crippen LogP contribution < -0.4 is 5.73 Å². The molecule has 0 heterocycles. The Morgan fingerprint density at radius 2 is 1.93 bits per heavy atom. The average molecular weight is 211 g/mol. The van der Waals surface area contributed by atoms with Gasteiger partial charge in [0.15, 0.2) is 0 Å². The Hall–Kier alpha value is -0.683. The quantitative estimate of drug-likeness (QED) is 0.749. The Labute approximate surface area is 86.1 Å². The zero-order chi connectivity index (χ0) is 10.4. The van der Waals surface area contributed by atoms with Gasteiger partial charge in [0, 0.05) is 13.3 Å². The van der Waals surface area contributed by atoms with Gasteiger partial charge in [-0.1, -0.05) is 30.3 Å². The molecule has 78 valence electrons. The number of nitrogens with two attached hydrogens (primary N) is 1. The minimum absolute atomic E-state index is 0.482. The van der Waals surface area contributed by atoms with E-state index in [9.17, 15) is 0 Å². The SMILES string of the molecule is CO[Si](C)(CN)OCc1ccccc1. The van der Waals surface area contributed by atoms with Gasteiger partial charge in [0.05, 0.1) is 6.61 Å². The summed E-state index contributed by atoms with van der Waals surface area (Å²) in [5, 5.41) is 0. The van der Waals surface area contributed by atoms with Gasteiger partial charge in [0.2, 0.25) is 0 Å². The molecular formula is C10H17NO2Si. The Morgan fingerprint density at radius 1 is 1.29 bits per heavy atom. The molecule has 1 aromatic rings. The van der Waals surface area contributed by atoms with Crippen LogP contribution in [0.15, 0.2) is 30.3 Å². The summed E-state index contributed by atoms with van der Waals surface area (Å²) in [4.78, 5) is 0. The molecule has 0 spiro atoms. The molecule has 0 aromatic heterocycles. The first kappa shape index (κ1) is 11.4. The number of rotatable bonds is 5. The molecule has 1 aromatic carbocycles. The lowest BCUT2D eigenvalue weighted by molar-refractivity contribution is 0.196. The normalized spacial score (nSPS) is 15.1. The van der Waals surface area contributed by atoms with Crippen molar-refractivity contribution in [2.24, 2.45) is 5.73 Å². The molecule has 14 heavy (non-hydrogen) atoms. The molecule has 0 amide bonds. The van der Waals surface area contributed by atoms with Crippen LogP contribution in [0.4, 0.5) is 0 Å². The highest BCUT2D eigenvalue weighted by atomic mass is 28.4. The van der Waals surface area contributed by atoms with E-state index in [1.807, 2.05) is 36.9 Å². The lowest BCUT2D eigenvalue weighted by atomic mass is 10.2. The standard InChI is InChI=1S/C10H17NO2Si/c1-12-14(2,9-11)13-8-10-6-4-3-5-7-10/h3-7H,8-9,11H2,1-2H3. The topological polar surface area (TPSA) is 44.5 Å². The second kappa shape index (κ2) is 5.26. The number of hydrogen-bond donors (Lipinski definition) is 1. The zero-order valence-corrected chi connectivity index (χ0v) is 9.69. The highest BCUT2D eigenvalue weighted by Crippen LogP contribution is 2.08. The monoisotopic (exact) mass is 211 g/mol. The molecule has 1 atom stereocenters. The third-order valence-corrected chi connectivity index (χ3v) is 4.55. The van der Waals surface area contributed by atoms with Gasteiger partial charge in [0.25, 0.3) is 0 Å². The zero-order valence-electron chi connectivity index (χ0n) is 8.69. The van der Waals surface area contributed by atoms with E-state index in [4.69, 9.17) is 14.6 Å². The molecule has 0 aliphatic heterocycles. The number of benzene rings is 1. The van der Waals surface area contributed by atoms with Crippen LogP contribution in [-0.4, -0.2) is 21.8 Å². The van der Waals surface area contributed by atoms with Crippen LogP contribution in [-0.2, 0) is 15.5 Å². The van der Waals surface area contributed by atoms with Crippen LogP contribution in [0.2, 0.25) is 6.55 Å². The van der Waals surface area contributed by atoms with E-state index in [-0.39, 0.29) is 0 Å². The minimum atomic E-state index is -2.10. The van der Waals surface area contributed by atoms with E-state index in [0.717, 1.165) is 5.56 Å². The van der Waals surface area contributed by atoms with E-state index in [1.165, 1.54) is 0 Å². The molecule has 0 saturated heterocycles. The second-order valence-electron chi connectivity index (χ2n) is 3.32. The second-order valence-corrected chi connectivity index (χ2v) is 6.69. The van der Waals surface area contributed by atoms with E-state index >= 15 is 0 Å². The van der Waals surface area contributed by atoms with Crippen molar-refractivity contribution in [3.63, 3.8) is 0 Å². The van der Waals surface area contributed by atoms with E-state index in [1.54, 1.807) is 7.11 Å². The van der Waals surface area contributed by atoms with E-state index < -0.39 is 8.56 Å². The van der Waals surface area contributed by atoms with Crippen molar-refractivity contribution in [3.8, 4) is 0 Å². The molecule has 0 fully saturated rings. The largest absolute Gasteiger partial charge is 0.397 e. The summed E-state index contributed by atoms with van der Waals surface area (Å²) in [5.74, 6) is 0. The predicted molar refractivity (Wildman–Crippen MR) is 58.9 cm³/mol. The molecule has 4 heteroatoms. The summed E-state index contributed by atoms with van der Waals surface area (Å²) in [7, 11) is -0.446. The molecule has 0 bridgehead atoms. The maximum absolute atomic E-state index is 5.71. The molecule has 0 aliphatic carbocycles. The third kappa shape index (κ3) is 3.23. The van der Waals surface area contributed by atoms with Gasteiger partial charge in [-0.2, -0.15) is 0 Å². The Bertz CT molecular complexity index is 262. The van der Waals surface area contributed by atoms with Crippen molar-refractivity contribution < 1.29 is 8.85 Å². The van der Waals surface area contributed by atoms with Crippen LogP contribution in [0, 0.1) is 0 Å². The highest BCUT2D eigenvalue weighted by Gasteiger charge is 2.27. The fourth-order valence-corrected chi connectivity index (χ4v) is 1.89. The lowest BCUT2D eigenvalue weighted by Gasteiger charge is -2.23. The average Bonchev–Trinajstić information content (AvgIpc) is 2.27. The van der Waals surface area contributed by atoms with Gasteiger partial charge in [-0.05, 0) is 12.1 Å². The van der Waals surface area contributed by atoms with Crippen LogP contribution in [0.3, 0.4) is 0 Å². The Kier molecular flexibility index (Phi) is 4.28. The van der Waals surface area contributed by atoms with Gasteiger partial charge >= 0.3 is 8.56 Å². The fourth-order valence-electron chi connectivity index (χ4n) is 1.01. The van der Waals surface area contributed by atoms with Crippen LogP contribution >= 0.6 is 0 Å². The van der Waals surface area contributed by atoms with E-state index in [2.05, 4.69) is 0 Å². The summed E-state index contributed by atoms with van der Waals surface area (Å²) >= 11 is 0. The summed E-state index contributed by atoms with van der Waals surface area (Å²) in [6, 6.07) is 10.0. The van der Waals surface area contributed by atoms with Gasteiger partial charge < -0.3 is 14.6 Å². The van der Waals surface area contributed by atoms with Crippen LogP contribution in [0.5, 0.6) is 0 Å². The number of hydrogen-bond acceptors (Lipinski definition) is 3. The van der Waals surface area contributed by atoms with Crippen molar-refractivity contribution in [2.45, 2.75) is 13.2 Å². The van der Waals surface area contributed by atoms with Crippen molar-refractivity contribution in [2.75, 3.05) is 13.3 Å². The smallest absolute Gasteiger partial charge is 0.348 e. The van der Waals surface area contributed by atoms with Gasteiger partial charge in [0.1, 0.15) is 0 Å². The molecule has 0 saturated carbocycles. The van der Waals surface area contributed by atoms with Gasteiger partial charge in [-0.3, -0.25) is 0 Å². The van der Waals surface area contributed by atoms with Gasteiger partial charge in [-0.15, -0.1) is 0 Å². The molecular weight excluding hydrogens is 194 g/mol. The molecule has 2 N–H and O–H groups in total. The lowest BCUT2D eigenvalue weighted by Crippen LogP contribution is -2.45. The fraction of sp³-hybridized carbons (Fsp3) is 0.400. The van der Waals surface area contributed by atoms with Gasteiger partial charge in [-0.25, -0.2) is 0 Å². The van der Waals surface area contributed by atoms with Crippen LogP contribution in [0.1, 0.15) is 5.56 Å². The maximum atomic E-state index is 5.71. The first-order chi connectivity index (χ1) is 6.70. The Balaban J connectivity index is 2.48. The molecule has 1 rings (SSSR count). The van der Waals surface area contributed by atoms with Crippen molar-refractivity contribution in [3.05, 3.63) is 35.9 Å². The van der Waals surface area contributed by atoms with Crippen molar-refractivity contribution in [1.82, 2.24) is 0 Å². The van der Waals surface area contributed by atoms with Crippen molar-refractivity contribution >= 4 is 8.56 Å². The first-order valence-corrected chi connectivity index (χ1v) is 7.15. The third-order valence-electron chi connectivity index (χ3n) is 2.19. The van der Waals surface area contributed by atoms with Crippen LogP contribution in [0.25, 0.3) is 0 Å². The molecule has 3 nitrogen and oxygen atoms in total. The highest BCUT2D eigenvalue weighted by molar-refractivity contribution is 6.66. The predicted octanol–water partition coefficient (Wildman–Crippen LogP) is 1.42. The summed E-state index contributed by atoms with van der Waals surface area (Å²) in [6.07, 6.45) is 0.482. The summed E-state index contributed by atoms with van der Waals surface area (Å²) in [5.41, 5.74) is 6.74.